The Morgan fingerprint density at radius 2 is 1.50 bits per heavy atom. The van der Waals surface area contributed by atoms with Gasteiger partial charge in [-0.3, -0.25) is 9.59 Å². The van der Waals surface area contributed by atoms with Crippen LogP contribution in [0.1, 0.15) is 60.2 Å². The quantitative estimate of drug-likeness (QED) is 0.314. The average Bonchev–Trinajstić information content (AvgIpc) is 2.69. The van der Waals surface area contributed by atoms with E-state index in [2.05, 4.69) is 4.28 Å². The molecule has 0 bridgehead atoms. The summed E-state index contributed by atoms with van der Waals surface area (Å²) in [5.41, 5.74) is -0.102. The standard InChI is InChI=1S/C20H22FNO7S/c1-3-5-11-27-15-9-8-14-17-13(15)7-10-16(28-12-6-4-2)18(17)20(24)22(19(14)23)29-30(21,25)26/h7-10H,3-6,11-12H2,1-2H3. The Kier molecular flexibility index (Phi) is 6.57. The van der Waals surface area contributed by atoms with Crippen molar-refractivity contribution in [3.05, 3.63) is 35.4 Å². The van der Waals surface area contributed by atoms with Crippen molar-refractivity contribution in [2.75, 3.05) is 13.2 Å². The van der Waals surface area contributed by atoms with Gasteiger partial charge in [-0.1, -0.05) is 30.6 Å². The summed E-state index contributed by atoms with van der Waals surface area (Å²) in [6.07, 6.45) is 3.32. The lowest BCUT2D eigenvalue weighted by molar-refractivity contribution is -0.0192. The van der Waals surface area contributed by atoms with Gasteiger partial charge in [0, 0.05) is 10.8 Å². The molecule has 0 aromatic heterocycles. The number of hydrogen-bond donors (Lipinski definition) is 0. The summed E-state index contributed by atoms with van der Waals surface area (Å²) < 4.78 is 50.6. The van der Waals surface area contributed by atoms with Crippen molar-refractivity contribution in [3.8, 4) is 11.5 Å². The Bertz CT molecular complexity index is 1080. The Labute approximate surface area is 173 Å². The van der Waals surface area contributed by atoms with Gasteiger partial charge in [-0.2, -0.15) is 8.42 Å². The molecule has 0 saturated heterocycles. The van der Waals surface area contributed by atoms with E-state index in [1.807, 2.05) is 13.8 Å². The summed E-state index contributed by atoms with van der Waals surface area (Å²) in [7, 11) is -5.60. The number of imide groups is 1. The zero-order chi connectivity index (χ0) is 21.9. The summed E-state index contributed by atoms with van der Waals surface area (Å²) >= 11 is 0. The first-order valence-electron chi connectivity index (χ1n) is 9.66. The molecular weight excluding hydrogens is 417 g/mol. The zero-order valence-corrected chi connectivity index (χ0v) is 17.5. The maximum absolute atomic E-state index is 13.1. The Morgan fingerprint density at radius 1 is 0.900 bits per heavy atom. The SMILES string of the molecule is CCCCOc1ccc2c(OCCCC)ccc3c2c1C(=O)N(OS(=O)(=O)F)C3=O. The molecule has 0 unspecified atom stereocenters. The van der Waals surface area contributed by atoms with Crippen LogP contribution in [0.15, 0.2) is 24.3 Å². The predicted octanol–water partition coefficient (Wildman–Crippen LogP) is 3.94. The van der Waals surface area contributed by atoms with E-state index in [9.17, 15) is 21.9 Å². The third-order valence-corrected chi connectivity index (χ3v) is 4.92. The normalized spacial score (nSPS) is 13.8. The molecule has 0 saturated carbocycles. The first-order valence-corrected chi connectivity index (χ1v) is 11.0. The molecule has 0 fully saturated rings. The van der Waals surface area contributed by atoms with Gasteiger partial charge < -0.3 is 9.47 Å². The summed E-state index contributed by atoms with van der Waals surface area (Å²) in [5.74, 6) is -1.61. The fourth-order valence-electron chi connectivity index (χ4n) is 3.15. The van der Waals surface area contributed by atoms with Crippen molar-refractivity contribution in [1.82, 2.24) is 5.06 Å². The molecular formula is C20H22FNO7S. The molecule has 8 nitrogen and oxygen atoms in total. The maximum Gasteiger partial charge on any atom is 0.459 e. The minimum atomic E-state index is -5.60. The molecule has 0 aliphatic carbocycles. The number of carbonyl (C=O) groups is 2. The van der Waals surface area contributed by atoms with Gasteiger partial charge in [0.15, 0.2) is 0 Å². The molecule has 1 aliphatic rings. The molecule has 0 radical (unpaired) electrons. The molecule has 0 spiro atoms. The van der Waals surface area contributed by atoms with Gasteiger partial charge in [0.05, 0.1) is 24.3 Å². The van der Waals surface area contributed by atoms with Crippen molar-refractivity contribution in [2.45, 2.75) is 39.5 Å². The first-order chi connectivity index (χ1) is 14.3. The number of amides is 2. The van der Waals surface area contributed by atoms with Crippen LogP contribution in [-0.2, 0) is 14.8 Å². The van der Waals surface area contributed by atoms with E-state index < -0.39 is 22.3 Å². The molecule has 0 N–H and O–H groups in total. The van der Waals surface area contributed by atoms with E-state index in [0.717, 1.165) is 25.7 Å². The third-order valence-electron chi connectivity index (χ3n) is 4.59. The van der Waals surface area contributed by atoms with Gasteiger partial charge in [-0.05, 0) is 37.1 Å². The largest absolute Gasteiger partial charge is 0.493 e. The van der Waals surface area contributed by atoms with E-state index >= 15 is 0 Å². The number of carbonyl (C=O) groups excluding carboxylic acids is 2. The molecule has 1 aliphatic heterocycles. The van der Waals surface area contributed by atoms with Crippen LogP contribution in [0.5, 0.6) is 11.5 Å². The highest BCUT2D eigenvalue weighted by atomic mass is 32.3. The number of benzene rings is 2. The van der Waals surface area contributed by atoms with Crippen LogP contribution in [0, 0.1) is 0 Å². The summed E-state index contributed by atoms with van der Waals surface area (Å²) in [6.45, 7) is 4.75. The lowest BCUT2D eigenvalue weighted by atomic mass is 9.93. The second-order valence-corrected chi connectivity index (χ2v) is 7.68. The zero-order valence-electron chi connectivity index (χ0n) is 16.6. The summed E-state index contributed by atoms with van der Waals surface area (Å²) in [4.78, 5) is 25.6. The Balaban J connectivity index is 2.17. The van der Waals surface area contributed by atoms with Gasteiger partial charge in [0.25, 0.3) is 11.8 Å². The van der Waals surface area contributed by atoms with Gasteiger partial charge in [0.1, 0.15) is 11.5 Å². The molecule has 2 aromatic rings. The van der Waals surface area contributed by atoms with Crippen LogP contribution in [0.25, 0.3) is 10.8 Å². The van der Waals surface area contributed by atoms with Crippen molar-refractivity contribution in [2.24, 2.45) is 0 Å². The molecule has 2 amide bonds. The number of halogens is 1. The Morgan fingerprint density at radius 3 is 2.10 bits per heavy atom. The van der Waals surface area contributed by atoms with Crippen molar-refractivity contribution < 1.29 is 35.7 Å². The van der Waals surface area contributed by atoms with Crippen molar-refractivity contribution >= 4 is 33.1 Å². The van der Waals surface area contributed by atoms with Crippen LogP contribution in [-0.4, -0.2) is 38.5 Å². The number of ether oxygens (including phenoxy) is 2. The fraction of sp³-hybridized carbons (Fsp3) is 0.400. The molecule has 3 rings (SSSR count). The lowest BCUT2D eigenvalue weighted by Gasteiger charge is -2.26. The number of nitrogens with zero attached hydrogens (tertiary/aromatic N) is 1. The molecule has 2 aromatic carbocycles. The summed E-state index contributed by atoms with van der Waals surface area (Å²) in [6, 6.07) is 6.15. The lowest BCUT2D eigenvalue weighted by Crippen LogP contribution is -2.41. The smallest absolute Gasteiger partial charge is 0.459 e. The van der Waals surface area contributed by atoms with Gasteiger partial charge in [-0.25, -0.2) is 0 Å². The molecule has 30 heavy (non-hydrogen) atoms. The highest BCUT2D eigenvalue weighted by Gasteiger charge is 2.40. The highest BCUT2D eigenvalue weighted by molar-refractivity contribution is 7.81. The second-order valence-electron chi connectivity index (χ2n) is 6.75. The van der Waals surface area contributed by atoms with E-state index in [1.165, 1.54) is 6.07 Å². The topological polar surface area (TPSA) is 99.2 Å². The number of hydrogen-bond acceptors (Lipinski definition) is 7. The molecule has 1 heterocycles. The average molecular weight is 439 g/mol. The summed E-state index contributed by atoms with van der Waals surface area (Å²) in [5, 5.41) is 0.645. The predicted molar refractivity (Wildman–Crippen MR) is 106 cm³/mol. The van der Waals surface area contributed by atoms with Crippen molar-refractivity contribution in [1.29, 1.82) is 0 Å². The van der Waals surface area contributed by atoms with Crippen LogP contribution < -0.4 is 9.47 Å². The minimum absolute atomic E-state index is 0.0213. The highest BCUT2D eigenvalue weighted by Crippen LogP contribution is 2.40. The second kappa shape index (κ2) is 8.97. The first kappa shape index (κ1) is 22.0. The van der Waals surface area contributed by atoms with Gasteiger partial charge in [0.2, 0.25) is 0 Å². The van der Waals surface area contributed by atoms with Crippen molar-refractivity contribution in [3.63, 3.8) is 0 Å². The van der Waals surface area contributed by atoms with Crippen LogP contribution >= 0.6 is 0 Å². The monoisotopic (exact) mass is 439 g/mol. The molecule has 10 heteroatoms. The Hall–Kier alpha value is -2.72. The molecule has 0 atom stereocenters. The fourth-order valence-corrected chi connectivity index (χ4v) is 3.46. The van der Waals surface area contributed by atoms with Crippen LogP contribution in [0.2, 0.25) is 0 Å². The van der Waals surface area contributed by atoms with Gasteiger partial charge >= 0.3 is 10.5 Å². The number of hydroxylamine groups is 2. The van der Waals surface area contributed by atoms with E-state index in [0.29, 0.717) is 24.3 Å². The van der Waals surface area contributed by atoms with E-state index in [4.69, 9.17) is 9.47 Å². The van der Waals surface area contributed by atoms with E-state index in [-0.39, 0.29) is 27.3 Å². The molecule has 162 valence electrons. The van der Waals surface area contributed by atoms with Gasteiger partial charge in [-0.15, -0.1) is 9.35 Å². The van der Waals surface area contributed by atoms with Crippen LogP contribution in [0.4, 0.5) is 3.89 Å². The van der Waals surface area contributed by atoms with Crippen LogP contribution in [0.3, 0.4) is 0 Å². The number of rotatable bonds is 10. The van der Waals surface area contributed by atoms with E-state index in [1.54, 1.807) is 18.2 Å². The third kappa shape index (κ3) is 4.39. The maximum atomic E-state index is 13.1. The number of unbranched alkanes of at least 4 members (excludes halogenated alkanes) is 2. The minimum Gasteiger partial charge on any atom is -0.493 e.